The van der Waals surface area contributed by atoms with Crippen LogP contribution >= 0.6 is 0 Å². The summed E-state index contributed by atoms with van der Waals surface area (Å²) in [5.74, 6) is 1.51. The first-order chi connectivity index (χ1) is 10.4. The lowest BCUT2D eigenvalue weighted by Crippen LogP contribution is -2.01. The molecule has 0 aliphatic rings. The molecule has 2 rings (SSSR count). The van der Waals surface area contributed by atoms with Gasteiger partial charge in [-0.15, -0.1) is 0 Å². The lowest BCUT2D eigenvalue weighted by atomic mass is 10.2. The molecule has 0 N–H and O–H groups in total. The van der Waals surface area contributed by atoms with Crippen LogP contribution in [-0.2, 0) is 6.61 Å². The molecule has 0 aliphatic carbocycles. The number of nitriles is 1. The van der Waals surface area contributed by atoms with Crippen molar-refractivity contribution in [1.82, 2.24) is 0 Å². The van der Waals surface area contributed by atoms with Crippen molar-refractivity contribution >= 4 is 0 Å². The maximum absolute atomic E-state index is 8.49. The Kier molecular flexibility index (Phi) is 6.15. The normalized spacial score (nSPS) is 9.86. The Morgan fingerprint density at radius 1 is 0.810 bits per heavy atom. The van der Waals surface area contributed by atoms with Gasteiger partial charge in [-0.2, -0.15) is 5.26 Å². The summed E-state index contributed by atoms with van der Waals surface area (Å²) in [5, 5.41) is 8.49. The standard InChI is InChI=1S/C18H19NO2/c19-13-7-2-8-14-20-17-11-5-6-12-18(17)21-15-16-9-3-1-4-10-16/h1,3-6,9-12H,2,7-8,14-15H2. The maximum atomic E-state index is 8.49. The van der Waals surface area contributed by atoms with Gasteiger partial charge in [0.05, 0.1) is 12.7 Å². The average molecular weight is 281 g/mol. The highest BCUT2D eigenvalue weighted by molar-refractivity contribution is 5.39. The molecular weight excluding hydrogens is 262 g/mol. The van der Waals surface area contributed by atoms with Gasteiger partial charge < -0.3 is 9.47 Å². The quantitative estimate of drug-likeness (QED) is 0.676. The topological polar surface area (TPSA) is 42.2 Å². The van der Waals surface area contributed by atoms with Crippen LogP contribution < -0.4 is 9.47 Å². The molecule has 0 atom stereocenters. The van der Waals surface area contributed by atoms with Crippen LogP contribution in [0.2, 0.25) is 0 Å². The van der Waals surface area contributed by atoms with Crippen LogP contribution in [0.4, 0.5) is 0 Å². The summed E-state index contributed by atoms with van der Waals surface area (Å²) in [6.07, 6.45) is 2.32. The molecule has 0 saturated carbocycles. The lowest BCUT2D eigenvalue weighted by Gasteiger charge is -2.12. The molecule has 0 unspecified atom stereocenters. The minimum absolute atomic E-state index is 0.523. The molecule has 0 bridgehead atoms. The van der Waals surface area contributed by atoms with Crippen LogP contribution in [0.3, 0.4) is 0 Å². The van der Waals surface area contributed by atoms with Gasteiger partial charge in [0.1, 0.15) is 6.61 Å². The van der Waals surface area contributed by atoms with Crippen molar-refractivity contribution in [3.8, 4) is 17.6 Å². The number of nitrogens with zero attached hydrogens (tertiary/aromatic N) is 1. The first-order valence-corrected chi connectivity index (χ1v) is 7.15. The molecule has 3 heteroatoms. The number of para-hydroxylation sites is 2. The van der Waals surface area contributed by atoms with Crippen molar-refractivity contribution in [3.63, 3.8) is 0 Å². The van der Waals surface area contributed by atoms with Crippen LogP contribution in [0.25, 0.3) is 0 Å². The summed E-state index contributed by atoms with van der Waals surface area (Å²) in [5.41, 5.74) is 1.13. The fourth-order valence-electron chi connectivity index (χ4n) is 1.91. The van der Waals surface area contributed by atoms with Crippen LogP contribution in [0.5, 0.6) is 11.5 Å². The SMILES string of the molecule is N#CCCCCOc1ccccc1OCc1ccccc1. The zero-order valence-electron chi connectivity index (χ0n) is 12.0. The van der Waals surface area contributed by atoms with E-state index < -0.39 is 0 Å². The van der Waals surface area contributed by atoms with Crippen LogP contribution in [0.15, 0.2) is 54.6 Å². The fourth-order valence-corrected chi connectivity index (χ4v) is 1.91. The Bertz CT molecular complexity index is 575. The van der Waals surface area contributed by atoms with E-state index in [0.717, 1.165) is 29.9 Å². The summed E-state index contributed by atoms with van der Waals surface area (Å²) < 4.78 is 11.6. The highest BCUT2D eigenvalue weighted by Crippen LogP contribution is 2.27. The van der Waals surface area contributed by atoms with Gasteiger partial charge >= 0.3 is 0 Å². The van der Waals surface area contributed by atoms with Crippen molar-refractivity contribution in [1.29, 1.82) is 5.26 Å². The Morgan fingerprint density at radius 3 is 2.19 bits per heavy atom. The third-order valence-electron chi connectivity index (χ3n) is 3.03. The van der Waals surface area contributed by atoms with Crippen molar-refractivity contribution in [2.45, 2.75) is 25.9 Å². The maximum Gasteiger partial charge on any atom is 0.161 e. The van der Waals surface area contributed by atoms with Crippen LogP contribution in [0, 0.1) is 11.3 Å². The molecule has 0 radical (unpaired) electrons. The van der Waals surface area contributed by atoms with E-state index in [1.54, 1.807) is 0 Å². The molecule has 0 amide bonds. The first kappa shape index (κ1) is 14.9. The molecule has 3 nitrogen and oxygen atoms in total. The number of rotatable bonds is 8. The van der Waals surface area contributed by atoms with Gasteiger partial charge in [-0.3, -0.25) is 0 Å². The lowest BCUT2D eigenvalue weighted by molar-refractivity contribution is 0.258. The van der Waals surface area contributed by atoms with Crippen molar-refractivity contribution in [2.75, 3.05) is 6.61 Å². The number of ether oxygens (including phenoxy) is 2. The molecule has 108 valence electrons. The predicted molar refractivity (Wildman–Crippen MR) is 82.2 cm³/mol. The average Bonchev–Trinajstić information content (AvgIpc) is 2.55. The third kappa shape index (κ3) is 5.19. The van der Waals surface area contributed by atoms with Gasteiger partial charge in [-0.1, -0.05) is 42.5 Å². The highest BCUT2D eigenvalue weighted by Gasteiger charge is 2.04. The Hall–Kier alpha value is -2.47. The van der Waals surface area contributed by atoms with Crippen LogP contribution in [0.1, 0.15) is 24.8 Å². The number of unbranched alkanes of at least 4 members (excludes halogenated alkanes) is 2. The Morgan fingerprint density at radius 2 is 1.48 bits per heavy atom. The molecular formula is C18H19NO2. The molecule has 0 aliphatic heterocycles. The van der Waals surface area contributed by atoms with E-state index in [2.05, 4.69) is 6.07 Å². The van der Waals surface area contributed by atoms with E-state index in [9.17, 15) is 0 Å². The fraction of sp³-hybridized carbons (Fsp3) is 0.278. The third-order valence-corrected chi connectivity index (χ3v) is 3.03. The zero-order chi connectivity index (χ0) is 14.8. The summed E-state index contributed by atoms with van der Waals surface area (Å²) in [6, 6.07) is 19.9. The molecule has 0 saturated heterocycles. The van der Waals surface area contributed by atoms with Crippen molar-refractivity contribution in [3.05, 3.63) is 60.2 Å². The minimum Gasteiger partial charge on any atom is -0.490 e. The molecule has 21 heavy (non-hydrogen) atoms. The number of hydrogen-bond donors (Lipinski definition) is 0. The molecule has 2 aromatic carbocycles. The van der Waals surface area contributed by atoms with E-state index in [4.69, 9.17) is 14.7 Å². The van der Waals surface area contributed by atoms with Gasteiger partial charge in [0.25, 0.3) is 0 Å². The van der Waals surface area contributed by atoms with Crippen molar-refractivity contribution < 1.29 is 9.47 Å². The smallest absolute Gasteiger partial charge is 0.161 e. The Balaban J connectivity index is 1.86. The Labute approximate surface area is 125 Å². The second kappa shape index (κ2) is 8.65. The monoisotopic (exact) mass is 281 g/mol. The van der Waals surface area contributed by atoms with E-state index in [-0.39, 0.29) is 0 Å². The van der Waals surface area contributed by atoms with E-state index in [0.29, 0.717) is 19.6 Å². The molecule has 0 spiro atoms. The second-order valence-electron chi connectivity index (χ2n) is 4.68. The largest absolute Gasteiger partial charge is 0.490 e. The summed E-state index contributed by atoms with van der Waals surface area (Å²) in [4.78, 5) is 0. The molecule has 0 fully saturated rings. The predicted octanol–water partition coefficient (Wildman–Crippen LogP) is 4.34. The summed E-state index contributed by atoms with van der Waals surface area (Å²) >= 11 is 0. The molecule has 0 heterocycles. The van der Waals surface area contributed by atoms with Gasteiger partial charge in [0, 0.05) is 6.42 Å². The molecule has 0 aromatic heterocycles. The van der Waals surface area contributed by atoms with Gasteiger partial charge in [0.15, 0.2) is 11.5 Å². The van der Waals surface area contributed by atoms with E-state index >= 15 is 0 Å². The zero-order valence-corrected chi connectivity index (χ0v) is 12.0. The van der Waals surface area contributed by atoms with Crippen molar-refractivity contribution in [2.24, 2.45) is 0 Å². The molecule has 2 aromatic rings. The summed E-state index contributed by atoms with van der Waals surface area (Å²) in [6.45, 7) is 1.13. The van der Waals surface area contributed by atoms with Gasteiger partial charge in [-0.05, 0) is 30.5 Å². The highest BCUT2D eigenvalue weighted by atomic mass is 16.5. The van der Waals surface area contributed by atoms with E-state index in [1.165, 1.54) is 0 Å². The van der Waals surface area contributed by atoms with Gasteiger partial charge in [0.2, 0.25) is 0 Å². The number of hydrogen-bond acceptors (Lipinski definition) is 3. The minimum atomic E-state index is 0.523. The van der Waals surface area contributed by atoms with E-state index in [1.807, 2.05) is 54.6 Å². The summed E-state index contributed by atoms with van der Waals surface area (Å²) in [7, 11) is 0. The number of benzene rings is 2. The van der Waals surface area contributed by atoms with Gasteiger partial charge in [-0.25, -0.2) is 0 Å². The first-order valence-electron chi connectivity index (χ1n) is 7.15. The second-order valence-corrected chi connectivity index (χ2v) is 4.68. The van der Waals surface area contributed by atoms with Crippen LogP contribution in [-0.4, -0.2) is 6.61 Å².